The van der Waals surface area contributed by atoms with Crippen LogP contribution in [0.4, 0.5) is 0 Å². The quantitative estimate of drug-likeness (QED) is 0.847. The first-order valence-electron chi connectivity index (χ1n) is 7.96. The molecule has 0 heterocycles. The van der Waals surface area contributed by atoms with E-state index in [9.17, 15) is 0 Å². The van der Waals surface area contributed by atoms with Gasteiger partial charge in [0.15, 0.2) is 0 Å². The minimum atomic E-state index is 0.171. The predicted octanol–water partition coefficient (Wildman–Crippen LogP) is 3.85. The van der Waals surface area contributed by atoms with Crippen LogP contribution in [-0.4, -0.2) is 30.6 Å². The molecule has 0 aliphatic heterocycles. The van der Waals surface area contributed by atoms with Crippen LogP contribution < -0.4 is 5.32 Å². The highest BCUT2D eigenvalue weighted by Gasteiger charge is 2.24. The second kappa shape index (κ2) is 6.73. The maximum atomic E-state index is 3.67. The van der Waals surface area contributed by atoms with Gasteiger partial charge in [-0.25, -0.2) is 0 Å². The maximum Gasteiger partial charge on any atom is 0.0469 e. The van der Waals surface area contributed by atoms with Gasteiger partial charge in [-0.3, -0.25) is 4.90 Å². The number of rotatable bonds is 6. The van der Waals surface area contributed by atoms with Crippen molar-refractivity contribution in [2.24, 2.45) is 5.92 Å². The summed E-state index contributed by atoms with van der Waals surface area (Å²) >= 11 is 0. The molecule has 1 N–H and O–H groups in total. The van der Waals surface area contributed by atoms with E-state index in [-0.39, 0.29) is 5.54 Å². The van der Waals surface area contributed by atoms with E-state index in [1.165, 1.54) is 31.4 Å². The Hall–Kier alpha value is -0.860. The molecule has 1 atom stereocenters. The summed E-state index contributed by atoms with van der Waals surface area (Å²) in [6.07, 6.45) is 4.26. The van der Waals surface area contributed by atoms with Crippen LogP contribution in [0.25, 0.3) is 0 Å². The molecule has 2 rings (SSSR count). The molecule has 0 radical (unpaired) electrons. The van der Waals surface area contributed by atoms with Crippen LogP contribution in [0.2, 0.25) is 0 Å². The number of hydrogen-bond acceptors (Lipinski definition) is 2. The van der Waals surface area contributed by atoms with E-state index in [0.717, 1.165) is 12.5 Å². The Morgan fingerprint density at radius 1 is 1.20 bits per heavy atom. The fourth-order valence-corrected chi connectivity index (χ4v) is 2.82. The standard InChI is InChI=1S/C18H30N2/c1-18(2,3)19-13-17(16-11-6-5-7-12-16)20(4)14-15-9-8-10-15/h5-7,11-12,15,17,19H,8-10,13-14H2,1-4H3. The minimum Gasteiger partial charge on any atom is -0.310 e. The van der Waals surface area contributed by atoms with Crippen LogP contribution in [-0.2, 0) is 0 Å². The molecule has 1 aromatic carbocycles. The third-order valence-electron chi connectivity index (χ3n) is 4.31. The molecule has 0 spiro atoms. The van der Waals surface area contributed by atoms with Gasteiger partial charge in [0.05, 0.1) is 0 Å². The Bertz CT molecular complexity index is 390. The van der Waals surface area contributed by atoms with E-state index in [1.807, 2.05) is 0 Å². The van der Waals surface area contributed by atoms with Crippen molar-refractivity contribution in [2.75, 3.05) is 20.1 Å². The summed E-state index contributed by atoms with van der Waals surface area (Å²) < 4.78 is 0. The van der Waals surface area contributed by atoms with Gasteiger partial charge in [0.25, 0.3) is 0 Å². The van der Waals surface area contributed by atoms with Gasteiger partial charge in [-0.2, -0.15) is 0 Å². The Kier molecular flexibility index (Phi) is 5.22. The van der Waals surface area contributed by atoms with E-state index in [2.05, 4.69) is 68.4 Å². The number of likely N-dealkylation sites (N-methyl/N-ethyl adjacent to an activating group) is 1. The lowest BCUT2D eigenvalue weighted by Crippen LogP contribution is -2.43. The van der Waals surface area contributed by atoms with Crippen LogP contribution >= 0.6 is 0 Å². The highest BCUT2D eigenvalue weighted by molar-refractivity contribution is 5.19. The van der Waals surface area contributed by atoms with E-state index < -0.39 is 0 Å². The Labute approximate surface area is 124 Å². The summed E-state index contributed by atoms with van der Waals surface area (Å²) in [5.74, 6) is 0.917. The highest BCUT2D eigenvalue weighted by Crippen LogP contribution is 2.29. The molecule has 0 amide bonds. The largest absolute Gasteiger partial charge is 0.310 e. The summed E-state index contributed by atoms with van der Waals surface area (Å²) in [6.45, 7) is 8.95. The monoisotopic (exact) mass is 274 g/mol. The molecule has 2 heteroatoms. The lowest BCUT2D eigenvalue weighted by molar-refractivity contribution is 0.154. The molecular formula is C18H30N2. The molecule has 2 nitrogen and oxygen atoms in total. The molecule has 1 aliphatic rings. The number of hydrogen-bond donors (Lipinski definition) is 1. The van der Waals surface area contributed by atoms with Gasteiger partial charge in [-0.1, -0.05) is 36.8 Å². The summed E-state index contributed by atoms with van der Waals surface area (Å²) in [6, 6.07) is 11.4. The average Bonchev–Trinajstić information content (AvgIpc) is 2.34. The van der Waals surface area contributed by atoms with Crippen molar-refractivity contribution in [3.63, 3.8) is 0 Å². The Morgan fingerprint density at radius 2 is 1.85 bits per heavy atom. The molecule has 0 saturated heterocycles. The van der Waals surface area contributed by atoms with Gasteiger partial charge >= 0.3 is 0 Å². The normalized spacial score (nSPS) is 18.1. The van der Waals surface area contributed by atoms with Gasteiger partial charge < -0.3 is 5.32 Å². The molecule has 1 saturated carbocycles. The minimum absolute atomic E-state index is 0.171. The summed E-state index contributed by atoms with van der Waals surface area (Å²) in [5.41, 5.74) is 1.59. The lowest BCUT2D eigenvalue weighted by atomic mass is 9.84. The van der Waals surface area contributed by atoms with Crippen LogP contribution in [0.3, 0.4) is 0 Å². The van der Waals surface area contributed by atoms with Crippen LogP contribution in [0.5, 0.6) is 0 Å². The maximum absolute atomic E-state index is 3.67. The molecule has 1 fully saturated rings. The number of benzene rings is 1. The second-order valence-corrected chi connectivity index (χ2v) is 7.29. The first kappa shape index (κ1) is 15.5. The topological polar surface area (TPSA) is 15.3 Å². The second-order valence-electron chi connectivity index (χ2n) is 7.29. The van der Waals surface area contributed by atoms with Gasteiger partial charge in [0.1, 0.15) is 0 Å². The first-order valence-corrected chi connectivity index (χ1v) is 7.96. The molecule has 112 valence electrons. The van der Waals surface area contributed by atoms with E-state index >= 15 is 0 Å². The fraction of sp³-hybridized carbons (Fsp3) is 0.667. The van der Waals surface area contributed by atoms with Crippen molar-refractivity contribution in [1.82, 2.24) is 10.2 Å². The third kappa shape index (κ3) is 4.60. The summed E-state index contributed by atoms with van der Waals surface area (Å²) in [5, 5.41) is 3.67. The zero-order valence-electron chi connectivity index (χ0n) is 13.5. The SMILES string of the molecule is CN(CC1CCC1)C(CNC(C)(C)C)c1ccccc1. The summed E-state index contributed by atoms with van der Waals surface area (Å²) in [4.78, 5) is 2.54. The molecule has 0 bridgehead atoms. The zero-order valence-corrected chi connectivity index (χ0v) is 13.5. The van der Waals surface area contributed by atoms with Gasteiger partial charge in [-0.05, 0) is 52.1 Å². The molecule has 1 aromatic rings. The van der Waals surface area contributed by atoms with Crippen LogP contribution in [0.1, 0.15) is 51.6 Å². The van der Waals surface area contributed by atoms with Crippen molar-refractivity contribution >= 4 is 0 Å². The fourth-order valence-electron chi connectivity index (χ4n) is 2.82. The highest BCUT2D eigenvalue weighted by atomic mass is 15.2. The molecule has 1 unspecified atom stereocenters. The lowest BCUT2D eigenvalue weighted by Gasteiger charge is -2.36. The van der Waals surface area contributed by atoms with Crippen molar-refractivity contribution in [3.05, 3.63) is 35.9 Å². The summed E-state index contributed by atoms with van der Waals surface area (Å²) in [7, 11) is 2.28. The zero-order chi connectivity index (χ0) is 14.6. The molecule has 1 aliphatic carbocycles. The first-order chi connectivity index (χ1) is 9.46. The van der Waals surface area contributed by atoms with Crippen molar-refractivity contribution < 1.29 is 0 Å². The number of nitrogens with zero attached hydrogens (tertiary/aromatic N) is 1. The predicted molar refractivity (Wildman–Crippen MR) is 86.9 cm³/mol. The van der Waals surface area contributed by atoms with Crippen molar-refractivity contribution in [3.8, 4) is 0 Å². The van der Waals surface area contributed by atoms with Crippen LogP contribution in [0.15, 0.2) is 30.3 Å². The smallest absolute Gasteiger partial charge is 0.0469 e. The number of nitrogens with one attached hydrogen (secondary N) is 1. The van der Waals surface area contributed by atoms with Crippen molar-refractivity contribution in [2.45, 2.75) is 51.6 Å². The van der Waals surface area contributed by atoms with Gasteiger partial charge in [0.2, 0.25) is 0 Å². The Morgan fingerprint density at radius 3 is 2.35 bits per heavy atom. The average molecular weight is 274 g/mol. The van der Waals surface area contributed by atoms with E-state index in [4.69, 9.17) is 0 Å². The third-order valence-corrected chi connectivity index (χ3v) is 4.31. The molecular weight excluding hydrogens is 244 g/mol. The van der Waals surface area contributed by atoms with Gasteiger partial charge in [0, 0.05) is 24.7 Å². The Balaban J connectivity index is 2.02. The molecule has 20 heavy (non-hydrogen) atoms. The van der Waals surface area contributed by atoms with Crippen LogP contribution in [0, 0.1) is 5.92 Å². The van der Waals surface area contributed by atoms with Crippen molar-refractivity contribution in [1.29, 1.82) is 0 Å². The van der Waals surface area contributed by atoms with E-state index in [0.29, 0.717) is 6.04 Å². The van der Waals surface area contributed by atoms with E-state index in [1.54, 1.807) is 0 Å². The molecule has 0 aromatic heterocycles. The van der Waals surface area contributed by atoms with Gasteiger partial charge in [-0.15, -0.1) is 0 Å².